The van der Waals surface area contributed by atoms with Crippen molar-refractivity contribution >= 4 is 11.6 Å². The van der Waals surface area contributed by atoms with E-state index in [1.165, 1.54) is 19.3 Å². The smallest absolute Gasteiger partial charge is 0.161 e. The summed E-state index contributed by atoms with van der Waals surface area (Å²) >= 11 is 0. The van der Waals surface area contributed by atoms with Gasteiger partial charge in [-0.3, -0.25) is 9.59 Å². The molecule has 3 heteroatoms. The number of rotatable bonds is 2. The zero-order valence-electron chi connectivity index (χ0n) is 15.2. The van der Waals surface area contributed by atoms with Gasteiger partial charge in [0.15, 0.2) is 5.78 Å². The number of carbonyl (C=O) groups excluding carboxylic acids is 2. The summed E-state index contributed by atoms with van der Waals surface area (Å²) in [6.45, 7) is 4.51. The highest BCUT2D eigenvalue weighted by molar-refractivity contribution is 5.83. The molecule has 0 heterocycles. The maximum absolute atomic E-state index is 12.3. The number of aliphatic hydroxyl groups is 1. The number of hydrogen-bond acceptors (Lipinski definition) is 3. The molecule has 0 amide bonds. The summed E-state index contributed by atoms with van der Waals surface area (Å²) in [5.74, 6) is 3.34. The molecule has 1 N–H and O–H groups in total. The highest BCUT2D eigenvalue weighted by atomic mass is 16.3. The highest BCUT2D eigenvalue weighted by Gasteiger charge is 2.60. The Hall–Kier alpha value is -0.700. The topological polar surface area (TPSA) is 54.4 Å². The van der Waals surface area contributed by atoms with E-state index in [-0.39, 0.29) is 23.7 Å². The largest absolute Gasteiger partial charge is 0.389 e. The van der Waals surface area contributed by atoms with Crippen LogP contribution < -0.4 is 0 Å². The third-order valence-electron chi connectivity index (χ3n) is 9.03. The van der Waals surface area contributed by atoms with Gasteiger partial charge in [-0.2, -0.15) is 0 Å². The molecular weight excluding hydrogens is 300 g/mol. The van der Waals surface area contributed by atoms with Crippen LogP contribution in [0.15, 0.2) is 0 Å². The first-order chi connectivity index (χ1) is 11.4. The van der Waals surface area contributed by atoms with E-state index in [1.807, 2.05) is 0 Å². The lowest BCUT2D eigenvalue weighted by Gasteiger charge is -2.60. The number of hydrogen-bond donors (Lipinski definition) is 1. The molecule has 4 saturated carbocycles. The van der Waals surface area contributed by atoms with Crippen molar-refractivity contribution in [3.05, 3.63) is 0 Å². The Bertz CT molecular complexity index is 555. The molecule has 134 valence electrons. The van der Waals surface area contributed by atoms with Crippen molar-refractivity contribution in [2.45, 2.75) is 71.6 Å². The fourth-order valence-electron chi connectivity index (χ4n) is 7.68. The molecule has 0 aliphatic heterocycles. The minimum Gasteiger partial charge on any atom is -0.389 e. The second-order valence-electron chi connectivity index (χ2n) is 9.70. The zero-order valence-corrected chi connectivity index (χ0v) is 15.2. The molecule has 0 bridgehead atoms. The maximum atomic E-state index is 12.3. The molecule has 24 heavy (non-hydrogen) atoms. The van der Waals surface area contributed by atoms with Gasteiger partial charge in [0.1, 0.15) is 12.4 Å². The number of fused-ring (bicyclic) bond motifs is 5. The number of ketones is 2. The minimum atomic E-state index is -0.289. The van der Waals surface area contributed by atoms with Gasteiger partial charge in [-0.15, -0.1) is 0 Å². The van der Waals surface area contributed by atoms with Crippen LogP contribution >= 0.6 is 0 Å². The van der Waals surface area contributed by atoms with Crippen LogP contribution in [0.25, 0.3) is 0 Å². The molecule has 0 aromatic rings. The van der Waals surface area contributed by atoms with Gasteiger partial charge in [-0.1, -0.05) is 13.8 Å². The summed E-state index contributed by atoms with van der Waals surface area (Å²) in [5, 5.41) is 9.37. The Kier molecular flexibility index (Phi) is 3.95. The van der Waals surface area contributed by atoms with Crippen LogP contribution in [-0.2, 0) is 9.59 Å². The average molecular weight is 332 g/mol. The molecule has 3 nitrogen and oxygen atoms in total. The van der Waals surface area contributed by atoms with Crippen LogP contribution in [0, 0.1) is 40.4 Å². The van der Waals surface area contributed by atoms with Crippen molar-refractivity contribution in [1.82, 2.24) is 0 Å². The first kappa shape index (κ1) is 16.8. The van der Waals surface area contributed by atoms with Crippen LogP contribution in [0.4, 0.5) is 0 Å². The third-order valence-corrected chi connectivity index (χ3v) is 9.03. The molecule has 4 aliphatic carbocycles. The minimum absolute atomic E-state index is 0.0709. The van der Waals surface area contributed by atoms with Gasteiger partial charge in [-0.25, -0.2) is 0 Å². The van der Waals surface area contributed by atoms with E-state index in [1.54, 1.807) is 0 Å². The van der Waals surface area contributed by atoms with E-state index in [2.05, 4.69) is 13.8 Å². The van der Waals surface area contributed by atoms with Crippen LogP contribution in [-0.4, -0.2) is 23.3 Å². The SMILES string of the molecule is C[C@]12CCC(=O)C[C@@H]1CC[C@H]1[C@@H]2CC[C@@]2(C)[C@@H](C(=O)CO)CC[C@@H]12. The molecule has 4 aliphatic rings. The Morgan fingerprint density at radius 1 is 1.04 bits per heavy atom. The van der Waals surface area contributed by atoms with Crippen LogP contribution in [0.1, 0.15) is 71.6 Å². The lowest BCUT2D eigenvalue weighted by molar-refractivity contribution is -0.144. The fraction of sp³-hybridized carbons (Fsp3) is 0.905. The van der Waals surface area contributed by atoms with E-state index in [9.17, 15) is 14.7 Å². The number of Topliss-reactive ketones (excluding diaryl/α,β-unsaturated/α-hetero) is 2. The number of aliphatic hydroxyl groups excluding tert-OH is 1. The van der Waals surface area contributed by atoms with E-state index < -0.39 is 0 Å². The molecule has 0 unspecified atom stereocenters. The van der Waals surface area contributed by atoms with Gasteiger partial charge >= 0.3 is 0 Å². The van der Waals surface area contributed by atoms with Crippen LogP contribution in [0.2, 0.25) is 0 Å². The molecule has 0 aromatic carbocycles. The van der Waals surface area contributed by atoms with Crippen molar-refractivity contribution in [2.24, 2.45) is 40.4 Å². The first-order valence-electron chi connectivity index (χ1n) is 10.1. The van der Waals surface area contributed by atoms with Crippen LogP contribution in [0.5, 0.6) is 0 Å². The molecule has 4 fully saturated rings. The average Bonchev–Trinajstić information content (AvgIpc) is 2.92. The van der Waals surface area contributed by atoms with E-state index in [4.69, 9.17) is 0 Å². The summed E-state index contributed by atoms with van der Waals surface area (Å²) in [4.78, 5) is 24.2. The Labute approximate surface area is 145 Å². The van der Waals surface area contributed by atoms with Gasteiger partial charge in [0.25, 0.3) is 0 Å². The second kappa shape index (κ2) is 5.65. The lowest BCUT2D eigenvalue weighted by Crippen LogP contribution is -2.54. The zero-order chi connectivity index (χ0) is 17.1. The first-order valence-corrected chi connectivity index (χ1v) is 10.1. The Morgan fingerprint density at radius 3 is 2.54 bits per heavy atom. The van der Waals surface area contributed by atoms with Gasteiger partial charge in [0.2, 0.25) is 0 Å². The van der Waals surface area contributed by atoms with E-state index in [0.29, 0.717) is 23.0 Å². The van der Waals surface area contributed by atoms with Crippen molar-refractivity contribution in [3.8, 4) is 0 Å². The quantitative estimate of drug-likeness (QED) is 0.837. The van der Waals surface area contributed by atoms with Crippen molar-refractivity contribution in [3.63, 3.8) is 0 Å². The monoisotopic (exact) mass is 332 g/mol. The molecule has 4 rings (SSSR count). The third kappa shape index (κ3) is 2.19. The summed E-state index contributed by atoms with van der Waals surface area (Å²) in [6.07, 6.45) is 9.61. The lowest BCUT2D eigenvalue weighted by atomic mass is 9.44. The highest BCUT2D eigenvalue weighted by Crippen LogP contribution is 2.67. The van der Waals surface area contributed by atoms with Gasteiger partial charge in [0, 0.05) is 18.8 Å². The summed E-state index contributed by atoms with van der Waals surface area (Å²) < 4.78 is 0. The van der Waals surface area contributed by atoms with Gasteiger partial charge < -0.3 is 5.11 Å². The number of carbonyl (C=O) groups is 2. The summed E-state index contributed by atoms with van der Waals surface area (Å²) in [6, 6.07) is 0. The predicted octanol–water partition coefficient (Wildman–Crippen LogP) is 3.78. The van der Waals surface area contributed by atoms with Crippen molar-refractivity contribution in [2.75, 3.05) is 6.61 Å². The summed E-state index contributed by atoms with van der Waals surface area (Å²) in [7, 11) is 0. The van der Waals surface area contributed by atoms with Crippen LogP contribution in [0.3, 0.4) is 0 Å². The Balaban J connectivity index is 1.61. The van der Waals surface area contributed by atoms with Crippen molar-refractivity contribution in [1.29, 1.82) is 0 Å². The predicted molar refractivity (Wildman–Crippen MR) is 92.3 cm³/mol. The molecule has 0 saturated heterocycles. The standard InChI is InChI=1S/C21H32O3/c1-20-9-7-14(23)11-13(20)3-4-15-16-5-6-18(19(24)12-22)21(16,2)10-8-17(15)20/h13,15-18,22H,3-12H2,1-2H3/t13-,15+,16-,17-,18+,20-,21+/m0/s1. The fourth-order valence-corrected chi connectivity index (χ4v) is 7.68. The molecule has 7 atom stereocenters. The maximum Gasteiger partial charge on any atom is 0.161 e. The second-order valence-corrected chi connectivity index (χ2v) is 9.70. The van der Waals surface area contributed by atoms with Crippen molar-refractivity contribution < 1.29 is 14.7 Å². The molecule has 0 aromatic heterocycles. The summed E-state index contributed by atoms with van der Waals surface area (Å²) in [5.41, 5.74) is 0.450. The van der Waals surface area contributed by atoms with Gasteiger partial charge in [-0.05, 0) is 79.4 Å². The molecule has 0 radical (unpaired) electrons. The van der Waals surface area contributed by atoms with E-state index in [0.717, 1.165) is 50.4 Å². The van der Waals surface area contributed by atoms with E-state index >= 15 is 0 Å². The molecular formula is C21H32O3. The van der Waals surface area contributed by atoms with Gasteiger partial charge in [0.05, 0.1) is 0 Å². The molecule has 0 spiro atoms. The Morgan fingerprint density at radius 2 is 1.79 bits per heavy atom. The normalized spacial score (nSPS) is 50.8.